The Labute approximate surface area is 119 Å². The van der Waals surface area contributed by atoms with E-state index in [1.165, 1.54) is 7.11 Å². The number of esters is 1. The minimum Gasteiger partial charge on any atom is -0.469 e. The van der Waals surface area contributed by atoms with E-state index >= 15 is 0 Å². The SMILES string of the molecule is CCCCC(C(=O)OC)C(O)c1ccc(SC)cc1. The third kappa shape index (κ3) is 4.55. The maximum atomic E-state index is 11.8. The molecular weight excluding hydrogens is 260 g/mol. The van der Waals surface area contributed by atoms with Gasteiger partial charge in [0.2, 0.25) is 0 Å². The summed E-state index contributed by atoms with van der Waals surface area (Å²) in [6.07, 6.45) is 3.75. The maximum absolute atomic E-state index is 11.8. The number of benzene rings is 1. The van der Waals surface area contributed by atoms with E-state index < -0.39 is 12.0 Å². The lowest BCUT2D eigenvalue weighted by Crippen LogP contribution is -2.23. The molecule has 0 aromatic heterocycles. The van der Waals surface area contributed by atoms with Crippen molar-refractivity contribution in [3.63, 3.8) is 0 Å². The van der Waals surface area contributed by atoms with Crippen molar-refractivity contribution in [2.24, 2.45) is 5.92 Å². The summed E-state index contributed by atoms with van der Waals surface area (Å²) in [5, 5.41) is 10.4. The van der Waals surface area contributed by atoms with Crippen molar-refractivity contribution in [3.05, 3.63) is 29.8 Å². The maximum Gasteiger partial charge on any atom is 0.311 e. The molecule has 0 radical (unpaired) electrons. The van der Waals surface area contributed by atoms with E-state index in [-0.39, 0.29) is 5.97 Å². The van der Waals surface area contributed by atoms with Crippen molar-refractivity contribution in [1.29, 1.82) is 0 Å². The highest BCUT2D eigenvalue weighted by atomic mass is 32.2. The van der Waals surface area contributed by atoms with Gasteiger partial charge in [0, 0.05) is 4.90 Å². The molecule has 1 aromatic carbocycles. The first kappa shape index (κ1) is 16.1. The van der Waals surface area contributed by atoms with Crippen molar-refractivity contribution in [3.8, 4) is 0 Å². The smallest absolute Gasteiger partial charge is 0.311 e. The Morgan fingerprint density at radius 3 is 2.47 bits per heavy atom. The minimum absolute atomic E-state index is 0.338. The van der Waals surface area contributed by atoms with E-state index in [2.05, 4.69) is 6.92 Å². The van der Waals surface area contributed by atoms with Crippen LogP contribution in [0.25, 0.3) is 0 Å². The summed E-state index contributed by atoms with van der Waals surface area (Å²) < 4.78 is 4.79. The molecule has 19 heavy (non-hydrogen) atoms. The van der Waals surface area contributed by atoms with E-state index in [0.717, 1.165) is 23.3 Å². The number of hydrogen-bond donors (Lipinski definition) is 1. The van der Waals surface area contributed by atoms with E-state index in [4.69, 9.17) is 4.74 Å². The zero-order valence-electron chi connectivity index (χ0n) is 11.8. The van der Waals surface area contributed by atoms with E-state index in [0.29, 0.717) is 6.42 Å². The normalized spacial score (nSPS) is 13.9. The molecule has 0 fully saturated rings. The fraction of sp³-hybridized carbons (Fsp3) is 0.533. The van der Waals surface area contributed by atoms with Crippen molar-refractivity contribution in [1.82, 2.24) is 0 Å². The van der Waals surface area contributed by atoms with Gasteiger partial charge in [-0.2, -0.15) is 0 Å². The molecule has 0 aliphatic rings. The topological polar surface area (TPSA) is 46.5 Å². The first-order chi connectivity index (χ1) is 9.13. The molecule has 106 valence electrons. The third-order valence-electron chi connectivity index (χ3n) is 3.21. The molecule has 0 aliphatic carbocycles. The molecule has 0 saturated heterocycles. The number of unbranched alkanes of at least 4 members (excludes halogenated alkanes) is 1. The van der Waals surface area contributed by atoms with Crippen LogP contribution in [0.2, 0.25) is 0 Å². The third-order valence-corrected chi connectivity index (χ3v) is 3.95. The second-order valence-electron chi connectivity index (χ2n) is 4.49. The van der Waals surface area contributed by atoms with E-state index in [1.807, 2.05) is 30.5 Å². The molecule has 1 aromatic rings. The molecule has 0 bridgehead atoms. The minimum atomic E-state index is -0.796. The van der Waals surface area contributed by atoms with Crippen molar-refractivity contribution >= 4 is 17.7 Å². The lowest BCUT2D eigenvalue weighted by molar-refractivity contribution is -0.150. The molecular formula is C15H22O3S. The van der Waals surface area contributed by atoms with Crippen LogP contribution in [0.4, 0.5) is 0 Å². The van der Waals surface area contributed by atoms with E-state index in [9.17, 15) is 9.90 Å². The van der Waals surface area contributed by atoms with Gasteiger partial charge >= 0.3 is 5.97 Å². The summed E-state index contributed by atoms with van der Waals surface area (Å²) in [6.45, 7) is 2.06. The Morgan fingerprint density at radius 1 is 1.37 bits per heavy atom. The zero-order chi connectivity index (χ0) is 14.3. The molecule has 2 atom stereocenters. The molecule has 3 nitrogen and oxygen atoms in total. The Hall–Kier alpha value is -1.00. The summed E-state index contributed by atoms with van der Waals surface area (Å²) in [6, 6.07) is 7.66. The largest absolute Gasteiger partial charge is 0.469 e. The van der Waals surface area contributed by atoms with Gasteiger partial charge < -0.3 is 9.84 Å². The predicted octanol–water partition coefficient (Wildman–Crippen LogP) is 3.42. The van der Waals surface area contributed by atoms with Gasteiger partial charge in [0.15, 0.2) is 0 Å². The number of methoxy groups -OCH3 is 1. The van der Waals surface area contributed by atoms with Crippen molar-refractivity contribution < 1.29 is 14.6 Å². The molecule has 1 N–H and O–H groups in total. The van der Waals surface area contributed by atoms with Crippen LogP contribution < -0.4 is 0 Å². The molecule has 0 spiro atoms. The highest BCUT2D eigenvalue weighted by molar-refractivity contribution is 7.98. The van der Waals surface area contributed by atoms with Gasteiger partial charge in [-0.05, 0) is 30.4 Å². The summed E-state index contributed by atoms with van der Waals surface area (Å²) >= 11 is 1.65. The summed E-state index contributed by atoms with van der Waals surface area (Å²) in [5.41, 5.74) is 0.768. The lowest BCUT2D eigenvalue weighted by atomic mass is 9.91. The molecule has 0 amide bonds. The second-order valence-corrected chi connectivity index (χ2v) is 5.37. The number of rotatable bonds is 7. The van der Waals surface area contributed by atoms with Crippen LogP contribution in [0.3, 0.4) is 0 Å². The van der Waals surface area contributed by atoms with E-state index in [1.54, 1.807) is 11.8 Å². The molecule has 1 rings (SSSR count). The fourth-order valence-electron chi connectivity index (χ4n) is 2.01. The van der Waals surface area contributed by atoms with Crippen LogP contribution in [0.5, 0.6) is 0 Å². The quantitative estimate of drug-likeness (QED) is 0.615. The first-order valence-corrected chi connectivity index (χ1v) is 7.76. The van der Waals surface area contributed by atoms with Crippen LogP contribution in [-0.4, -0.2) is 24.4 Å². The Morgan fingerprint density at radius 2 is 2.00 bits per heavy atom. The number of thioether (sulfide) groups is 1. The van der Waals surface area contributed by atoms with Crippen molar-refractivity contribution in [2.75, 3.05) is 13.4 Å². The van der Waals surface area contributed by atoms with Gasteiger partial charge in [0.05, 0.1) is 19.1 Å². The average Bonchev–Trinajstić information content (AvgIpc) is 2.47. The van der Waals surface area contributed by atoms with Crippen LogP contribution in [0, 0.1) is 5.92 Å². The van der Waals surface area contributed by atoms with Gasteiger partial charge in [-0.25, -0.2) is 0 Å². The molecule has 0 aliphatic heterocycles. The molecule has 0 saturated carbocycles. The first-order valence-electron chi connectivity index (χ1n) is 6.53. The highest BCUT2D eigenvalue weighted by Gasteiger charge is 2.28. The average molecular weight is 282 g/mol. The second kappa shape index (κ2) is 8.23. The number of aliphatic hydroxyl groups excluding tert-OH is 1. The van der Waals surface area contributed by atoms with Crippen molar-refractivity contribution in [2.45, 2.75) is 37.2 Å². The summed E-state index contributed by atoms with van der Waals surface area (Å²) in [7, 11) is 1.37. The highest BCUT2D eigenvalue weighted by Crippen LogP contribution is 2.28. The van der Waals surface area contributed by atoms with Gasteiger partial charge in [0.1, 0.15) is 0 Å². The molecule has 4 heteroatoms. The summed E-state index contributed by atoms with van der Waals surface area (Å²) in [5.74, 6) is -0.819. The zero-order valence-corrected chi connectivity index (χ0v) is 12.6. The Kier molecular flexibility index (Phi) is 6.95. The standard InChI is InChI=1S/C15H22O3S/c1-4-5-6-13(15(17)18-2)14(16)11-7-9-12(19-3)10-8-11/h7-10,13-14,16H,4-6H2,1-3H3. The fourth-order valence-corrected chi connectivity index (χ4v) is 2.42. The van der Waals surface area contributed by atoms with Crippen LogP contribution in [0.15, 0.2) is 29.2 Å². The molecule has 2 unspecified atom stereocenters. The molecule has 0 heterocycles. The lowest BCUT2D eigenvalue weighted by Gasteiger charge is -2.21. The Bertz CT molecular complexity index is 389. The van der Waals surface area contributed by atoms with Gasteiger partial charge in [0.25, 0.3) is 0 Å². The summed E-state index contributed by atoms with van der Waals surface area (Å²) in [4.78, 5) is 12.9. The Balaban J connectivity index is 2.84. The number of hydrogen-bond acceptors (Lipinski definition) is 4. The number of carbonyl (C=O) groups is 1. The number of ether oxygens (including phenoxy) is 1. The number of aliphatic hydroxyl groups is 1. The van der Waals surface area contributed by atoms with Crippen LogP contribution in [0.1, 0.15) is 37.9 Å². The van der Waals surface area contributed by atoms with Gasteiger partial charge in [-0.3, -0.25) is 4.79 Å². The van der Waals surface area contributed by atoms with Gasteiger partial charge in [-0.15, -0.1) is 11.8 Å². The van der Waals surface area contributed by atoms with Crippen LogP contribution >= 0.6 is 11.8 Å². The van der Waals surface area contributed by atoms with Gasteiger partial charge in [-0.1, -0.05) is 31.9 Å². The monoisotopic (exact) mass is 282 g/mol. The van der Waals surface area contributed by atoms with Crippen LogP contribution in [-0.2, 0) is 9.53 Å². The number of carbonyl (C=O) groups excluding carboxylic acids is 1. The predicted molar refractivity (Wildman–Crippen MR) is 78.2 cm³/mol.